The van der Waals surface area contributed by atoms with E-state index >= 15 is 0 Å². The summed E-state index contributed by atoms with van der Waals surface area (Å²) in [6.45, 7) is 0.632. The standard InChI is InChI=1S/C19H22FNO2.ClH/c1-21(2)13-16(11-14-7-9-17(20)10-8-14)19(22)15-5-4-6-18(12-15)23-3;/h4-10,12,16H,11,13H2,1-3H3;1H/t16-;/m0./s1. The minimum absolute atomic E-state index is 0. The summed E-state index contributed by atoms with van der Waals surface area (Å²) in [4.78, 5) is 14.9. The van der Waals surface area contributed by atoms with Crippen molar-refractivity contribution in [2.24, 2.45) is 5.92 Å². The van der Waals surface area contributed by atoms with E-state index in [1.165, 1.54) is 12.1 Å². The minimum Gasteiger partial charge on any atom is -0.497 e. The Labute approximate surface area is 148 Å². The zero-order chi connectivity index (χ0) is 16.8. The van der Waals surface area contributed by atoms with Crippen LogP contribution in [0.1, 0.15) is 15.9 Å². The first-order valence-electron chi connectivity index (χ1n) is 7.57. The number of Topliss-reactive ketones (excluding diaryl/α,β-unsaturated/α-hetero) is 1. The number of rotatable bonds is 7. The second kappa shape index (κ2) is 9.40. The average molecular weight is 352 g/mol. The molecular weight excluding hydrogens is 329 g/mol. The van der Waals surface area contributed by atoms with Crippen LogP contribution >= 0.6 is 12.4 Å². The van der Waals surface area contributed by atoms with Crippen LogP contribution in [0.25, 0.3) is 0 Å². The maximum atomic E-state index is 13.1. The van der Waals surface area contributed by atoms with Gasteiger partial charge in [0.05, 0.1) is 7.11 Å². The van der Waals surface area contributed by atoms with Gasteiger partial charge in [0.25, 0.3) is 0 Å². The van der Waals surface area contributed by atoms with Gasteiger partial charge in [0.1, 0.15) is 11.6 Å². The van der Waals surface area contributed by atoms with E-state index in [2.05, 4.69) is 0 Å². The zero-order valence-electron chi connectivity index (χ0n) is 14.2. The highest BCUT2D eigenvalue weighted by atomic mass is 35.5. The Morgan fingerprint density at radius 2 is 1.83 bits per heavy atom. The molecule has 3 nitrogen and oxygen atoms in total. The van der Waals surface area contributed by atoms with Gasteiger partial charge >= 0.3 is 0 Å². The van der Waals surface area contributed by atoms with Crippen molar-refractivity contribution in [1.82, 2.24) is 4.90 Å². The van der Waals surface area contributed by atoms with Crippen molar-refractivity contribution in [3.8, 4) is 5.75 Å². The molecule has 0 unspecified atom stereocenters. The van der Waals surface area contributed by atoms with Crippen molar-refractivity contribution in [2.75, 3.05) is 27.7 Å². The van der Waals surface area contributed by atoms with Gasteiger partial charge in [-0.3, -0.25) is 4.79 Å². The molecule has 5 heteroatoms. The Kier molecular flexibility index (Phi) is 7.89. The van der Waals surface area contributed by atoms with Crippen LogP contribution in [0.2, 0.25) is 0 Å². The van der Waals surface area contributed by atoms with Gasteiger partial charge in [-0.25, -0.2) is 4.39 Å². The van der Waals surface area contributed by atoms with Gasteiger partial charge < -0.3 is 9.64 Å². The Bertz CT molecular complexity index is 659. The summed E-state index contributed by atoms with van der Waals surface area (Å²) in [5.74, 6) is 0.280. The van der Waals surface area contributed by atoms with Gasteiger partial charge in [0, 0.05) is 18.0 Å². The molecule has 0 fully saturated rings. The van der Waals surface area contributed by atoms with Crippen LogP contribution in [0.4, 0.5) is 4.39 Å². The highest BCUT2D eigenvalue weighted by molar-refractivity contribution is 5.98. The second-order valence-electron chi connectivity index (χ2n) is 5.89. The molecule has 0 saturated heterocycles. The van der Waals surface area contributed by atoms with Gasteiger partial charge in [-0.05, 0) is 50.3 Å². The van der Waals surface area contributed by atoms with Crippen molar-refractivity contribution in [3.63, 3.8) is 0 Å². The predicted octanol–water partition coefficient (Wildman–Crippen LogP) is 3.86. The van der Waals surface area contributed by atoms with E-state index in [4.69, 9.17) is 4.74 Å². The van der Waals surface area contributed by atoms with Gasteiger partial charge in [-0.2, -0.15) is 0 Å². The number of hydrogen-bond donors (Lipinski definition) is 0. The molecule has 0 N–H and O–H groups in total. The summed E-state index contributed by atoms with van der Waals surface area (Å²) in [6, 6.07) is 13.5. The number of methoxy groups -OCH3 is 1. The van der Waals surface area contributed by atoms with Crippen LogP contribution in [-0.4, -0.2) is 38.4 Å². The quantitative estimate of drug-likeness (QED) is 0.709. The average Bonchev–Trinajstić information content (AvgIpc) is 2.55. The van der Waals surface area contributed by atoms with Crippen LogP contribution in [0.5, 0.6) is 5.75 Å². The maximum Gasteiger partial charge on any atom is 0.167 e. The van der Waals surface area contributed by atoms with Crippen molar-refractivity contribution in [2.45, 2.75) is 6.42 Å². The Balaban J connectivity index is 0.00000288. The lowest BCUT2D eigenvalue weighted by atomic mass is 9.90. The zero-order valence-corrected chi connectivity index (χ0v) is 15.0. The number of halogens is 2. The van der Waals surface area contributed by atoms with Crippen molar-refractivity contribution < 1.29 is 13.9 Å². The minimum atomic E-state index is -0.267. The molecule has 130 valence electrons. The fourth-order valence-corrected chi connectivity index (χ4v) is 2.60. The normalized spacial score (nSPS) is 11.7. The summed E-state index contributed by atoms with van der Waals surface area (Å²) < 4.78 is 18.2. The van der Waals surface area contributed by atoms with E-state index in [1.54, 1.807) is 31.4 Å². The third kappa shape index (κ3) is 5.62. The van der Waals surface area contributed by atoms with Gasteiger partial charge in [-0.15, -0.1) is 12.4 Å². The topological polar surface area (TPSA) is 29.5 Å². The molecule has 2 aromatic rings. The molecule has 0 aliphatic heterocycles. The molecular formula is C19H23ClFNO2. The molecule has 0 heterocycles. The largest absolute Gasteiger partial charge is 0.497 e. The van der Waals surface area contributed by atoms with Crippen LogP contribution in [0, 0.1) is 11.7 Å². The third-order valence-electron chi connectivity index (χ3n) is 3.71. The number of nitrogens with zero attached hydrogens (tertiary/aromatic N) is 1. The molecule has 0 amide bonds. The molecule has 0 aliphatic carbocycles. The number of ketones is 1. The summed E-state index contributed by atoms with van der Waals surface area (Å²) in [5, 5.41) is 0. The lowest BCUT2D eigenvalue weighted by Crippen LogP contribution is -2.29. The third-order valence-corrected chi connectivity index (χ3v) is 3.71. The van der Waals surface area contributed by atoms with Crippen molar-refractivity contribution in [3.05, 3.63) is 65.5 Å². The lowest BCUT2D eigenvalue weighted by molar-refractivity contribution is 0.0896. The summed E-state index contributed by atoms with van der Waals surface area (Å²) in [6.07, 6.45) is 0.578. The first-order valence-corrected chi connectivity index (χ1v) is 7.57. The highest BCUT2D eigenvalue weighted by Gasteiger charge is 2.21. The second-order valence-corrected chi connectivity index (χ2v) is 5.89. The Hall–Kier alpha value is -1.91. The van der Waals surface area contributed by atoms with E-state index in [-0.39, 0.29) is 29.9 Å². The number of ether oxygens (including phenoxy) is 1. The molecule has 0 spiro atoms. The summed E-state index contributed by atoms with van der Waals surface area (Å²) in [7, 11) is 5.46. The van der Waals surface area contributed by atoms with E-state index < -0.39 is 0 Å². The van der Waals surface area contributed by atoms with E-state index in [0.717, 1.165) is 5.56 Å². The molecule has 1 atom stereocenters. The van der Waals surface area contributed by atoms with Crippen LogP contribution in [-0.2, 0) is 6.42 Å². The van der Waals surface area contributed by atoms with Gasteiger partial charge in [0.2, 0.25) is 0 Å². The molecule has 0 aliphatic rings. The monoisotopic (exact) mass is 351 g/mol. The molecule has 0 saturated carbocycles. The molecule has 24 heavy (non-hydrogen) atoms. The van der Waals surface area contributed by atoms with Gasteiger partial charge in [-0.1, -0.05) is 24.3 Å². The first kappa shape index (κ1) is 20.1. The van der Waals surface area contributed by atoms with E-state index in [9.17, 15) is 9.18 Å². The predicted molar refractivity (Wildman–Crippen MR) is 96.7 cm³/mol. The number of carbonyl (C=O) groups excluding carboxylic acids is 1. The number of carbonyl (C=O) groups is 1. The van der Waals surface area contributed by atoms with Crippen LogP contribution in [0.15, 0.2) is 48.5 Å². The molecule has 0 bridgehead atoms. The van der Waals surface area contributed by atoms with Crippen LogP contribution in [0.3, 0.4) is 0 Å². The number of benzene rings is 2. The fourth-order valence-electron chi connectivity index (χ4n) is 2.60. The summed E-state index contributed by atoms with van der Waals surface area (Å²) >= 11 is 0. The van der Waals surface area contributed by atoms with E-state index in [0.29, 0.717) is 24.3 Å². The summed E-state index contributed by atoms with van der Waals surface area (Å²) in [5.41, 5.74) is 1.59. The molecule has 0 aromatic heterocycles. The Morgan fingerprint density at radius 3 is 2.42 bits per heavy atom. The molecule has 2 aromatic carbocycles. The maximum absolute atomic E-state index is 13.1. The highest BCUT2D eigenvalue weighted by Crippen LogP contribution is 2.20. The first-order chi connectivity index (χ1) is 11.0. The van der Waals surface area contributed by atoms with Gasteiger partial charge in [0.15, 0.2) is 5.78 Å². The molecule has 2 rings (SSSR count). The van der Waals surface area contributed by atoms with Crippen molar-refractivity contribution >= 4 is 18.2 Å². The lowest BCUT2D eigenvalue weighted by Gasteiger charge is -2.20. The smallest absolute Gasteiger partial charge is 0.167 e. The van der Waals surface area contributed by atoms with E-state index in [1.807, 2.05) is 31.1 Å². The SMILES string of the molecule is COc1cccc(C(=O)[C@@H](Cc2ccc(F)cc2)CN(C)C)c1.Cl. The van der Waals surface area contributed by atoms with Crippen LogP contribution < -0.4 is 4.74 Å². The molecule has 0 radical (unpaired) electrons. The number of hydrogen-bond acceptors (Lipinski definition) is 3. The Morgan fingerprint density at radius 1 is 1.17 bits per heavy atom. The fraction of sp³-hybridized carbons (Fsp3) is 0.316. The van der Waals surface area contributed by atoms with Crippen molar-refractivity contribution in [1.29, 1.82) is 0 Å².